The van der Waals surface area contributed by atoms with Crippen molar-refractivity contribution in [1.82, 2.24) is 20.6 Å². The highest BCUT2D eigenvalue weighted by Gasteiger charge is 2.22. The summed E-state index contributed by atoms with van der Waals surface area (Å²) in [6.07, 6.45) is 3.47. The van der Waals surface area contributed by atoms with Gasteiger partial charge in [-0.05, 0) is 47.7 Å². The molecule has 2 aromatic carbocycles. The lowest BCUT2D eigenvalue weighted by molar-refractivity contribution is 0.0959. The van der Waals surface area contributed by atoms with E-state index in [1.807, 2.05) is 30.3 Å². The van der Waals surface area contributed by atoms with Crippen molar-refractivity contribution in [1.29, 1.82) is 0 Å². The number of nitrogens with zero attached hydrogens (tertiary/aromatic N) is 2. The van der Waals surface area contributed by atoms with Crippen molar-refractivity contribution in [3.8, 4) is 11.3 Å². The Balaban J connectivity index is 1.52. The Kier molecular flexibility index (Phi) is 5.22. The molecule has 7 heteroatoms. The van der Waals surface area contributed by atoms with Gasteiger partial charge >= 0.3 is 0 Å². The fraction of sp³-hybridized carbons (Fsp3) is 0.227. The van der Waals surface area contributed by atoms with E-state index in [2.05, 4.69) is 20.6 Å². The van der Waals surface area contributed by atoms with E-state index in [1.165, 1.54) is 18.7 Å². The molecule has 0 radical (unpaired) electrons. The van der Waals surface area contributed by atoms with Crippen LogP contribution in [0, 0.1) is 5.82 Å². The number of aryl methyl sites for hydroxylation is 1. The Morgan fingerprint density at radius 3 is 2.97 bits per heavy atom. The molecule has 4 N–H and O–H groups in total. The molecule has 3 aromatic rings. The van der Waals surface area contributed by atoms with Crippen LogP contribution in [0.4, 0.5) is 10.2 Å². The molecule has 0 saturated carbocycles. The summed E-state index contributed by atoms with van der Waals surface area (Å²) in [4.78, 5) is 20.4. The van der Waals surface area contributed by atoms with Crippen LogP contribution in [0.3, 0.4) is 0 Å². The van der Waals surface area contributed by atoms with E-state index < -0.39 is 0 Å². The summed E-state index contributed by atoms with van der Waals surface area (Å²) >= 11 is 0. The van der Waals surface area contributed by atoms with Gasteiger partial charge in [-0.2, -0.15) is 0 Å². The van der Waals surface area contributed by atoms with Gasteiger partial charge in [-0.3, -0.25) is 4.79 Å². The van der Waals surface area contributed by atoms with Crippen LogP contribution < -0.4 is 16.4 Å². The van der Waals surface area contributed by atoms with Crippen LogP contribution in [0.2, 0.25) is 0 Å². The standard InChI is InChI=1S/C22H22FN5O/c1-25-22(29)20-21(24)27-12-19(28-20)15-4-2-3-13(9-15)11-26-18-8-6-14-5-7-16(23)10-17(14)18/h2-5,7,9-10,12,18,26H,6,8,11H2,1H3,(H2,24,27)(H,25,29). The van der Waals surface area contributed by atoms with Crippen molar-refractivity contribution in [3.05, 3.63) is 76.9 Å². The number of carbonyl (C=O) groups is 1. The molecule has 6 nitrogen and oxygen atoms in total. The lowest BCUT2D eigenvalue weighted by Gasteiger charge is -2.15. The largest absolute Gasteiger partial charge is 0.382 e. The second-order valence-electron chi connectivity index (χ2n) is 7.08. The Morgan fingerprint density at radius 2 is 2.14 bits per heavy atom. The van der Waals surface area contributed by atoms with Gasteiger partial charge in [0.25, 0.3) is 5.91 Å². The number of anilines is 1. The van der Waals surface area contributed by atoms with E-state index in [9.17, 15) is 9.18 Å². The van der Waals surface area contributed by atoms with Crippen molar-refractivity contribution < 1.29 is 9.18 Å². The molecule has 4 rings (SSSR count). The number of amides is 1. The molecule has 0 bridgehead atoms. The van der Waals surface area contributed by atoms with Crippen molar-refractivity contribution in [2.75, 3.05) is 12.8 Å². The molecule has 0 aliphatic heterocycles. The summed E-state index contributed by atoms with van der Waals surface area (Å²) in [5, 5.41) is 6.04. The minimum atomic E-state index is -0.373. The maximum absolute atomic E-state index is 13.6. The molecule has 1 atom stereocenters. The Morgan fingerprint density at radius 1 is 1.28 bits per heavy atom. The molecule has 1 aliphatic rings. The highest BCUT2D eigenvalue weighted by Crippen LogP contribution is 2.32. The van der Waals surface area contributed by atoms with Crippen LogP contribution in [0.1, 0.15) is 39.6 Å². The number of rotatable bonds is 5. The second kappa shape index (κ2) is 7.97. The summed E-state index contributed by atoms with van der Waals surface area (Å²) < 4.78 is 13.6. The average Bonchev–Trinajstić information content (AvgIpc) is 3.14. The van der Waals surface area contributed by atoms with Gasteiger partial charge in [0, 0.05) is 25.2 Å². The summed E-state index contributed by atoms with van der Waals surface area (Å²) in [5.74, 6) is -0.479. The molecule has 29 heavy (non-hydrogen) atoms. The highest BCUT2D eigenvalue weighted by atomic mass is 19.1. The van der Waals surface area contributed by atoms with Gasteiger partial charge in [0.1, 0.15) is 5.82 Å². The monoisotopic (exact) mass is 391 g/mol. The molecular formula is C22H22FN5O. The Labute approximate surface area is 168 Å². The van der Waals surface area contributed by atoms with Gasteiger partial charge in [-0.15, -0.1) is 0 Å². The van der Waals surface area contributed by atoms with Crippen molar-refractivity contribution in [3.63, 3.8) is 0 Å². The van der Waals surface area contributed by atoms with Crippen molar-refractivity contribution in [2.24, 2.45) is 0 Å². The summed E-state index contributed by atoms with van der Waals surface area (Å²) in [5.41, 5.74) is 10.6. The number of benzene rings is 2. The number of carbonyl (C=O) groups excluding carboxylic acids is 1. The Bertz CT molecular complexity index is 1070. The smallest absolute Gasteiger partial charge is 0.273 e. The zero-order chi connectivity index (χ0) is 20.4. The summed E-state index contributed by atoms with van der Waals surface area (Å²) in [7, 11) is 1.52. The van der Waals surface area contributed by atoms with Gasteiger partial charge < -0.3 is 16.4 Å². The molecule has 1 aliphatic carbocycles. The van der Waals surface area contributed by atoms with Crippen LogP contribution in [0.25, 0.3) is 11.3 Å². The lowest BCUT2D eigenvalue weighted by atomic mass is 10.1. The van der Waals surface area contributed by atoms with Crippen LogP contribution in [0.5, 0.6) is 0 Å². The highest BCUT2D eigenvalue weighted by molar-refractivity contribution is 5.96. The first-order valence-electron chi connectivity index (χ1n) is 9.51. The van der Waals surface area contributed by atoms with Gasteiger partial charge in [-0.25, -0.2) is 14.4 Å². The van der Waals surface area contributed by atoms with Gasteiger partial charge in [0.2, 0.25) is 0 Å². The van der Waals surface area contributed by atoms with E-state index >= 15 is 0 Å². The molecule has 1 unspecified atom stereocenters. The zero-order valence-electron chi connectivity index (χ0n) is 16.1. The number of nitrogens with one attached hydrogen (secondary N) is 2. The number of hydrogen-bond acceptors (Lipinski definition) is 5. The number of fused-ring (bicyclic) bond motifs is 1. The SMILES string of the molecule is CNC(=O)c1nc(-c2cccc(CNC3CCc4ccc(F)cc43)c2)cnc1N. The van der Waals surface area contributed by atoms with Crippen LogP contribution in [0.15, 0.2) is 48.7 Å². The van der Waals surface area contributed by atoms with Crippen LogP contribution in [-0.4, -0.2) is 22.9 Å². The molecular weight excluding hydrogens is 369 g/mol. The molecule has 1 aromatic heterocycles. The minimum Gasteiger partial charge on any atom is -0.382 e. The van der Waals surface area contributed by atoms with Crippen LogP contribution in [-0.2, 0) is 13.0 Å². The predicted octanol–water partition coefficient (Wildman–Crippen LogP) is 3.00. The third-order valence-electron chi connectivity index (χ3n) is 5.20. The van der Waals surface area contributed by atoms with Crippen LogP contribution >= 0.6 is 0 Å². The fourth-order valence-electron chi connectivity index (χ4n) is 3.69. The third kappa shape index (κ3) is 3.95. The molecule has 148 valence electrons. The minimum absolute atomic E-state index is 0.0954. The molecule has 1 amide bonds. The topological polar surface area (TPSA) is 92.9 Å². The zero-order valence-corrected chi connectivity index (χ0v) is 16.1. The Hall–Kier alpha value is -3.32. The molecule has 0 spiro atoms. The molecule has 1 heterocycles. The number of nitrogens with two attached hydrogens (primary N) is 1. The van der Waals surface area contributed by atoms with E-state index in [1.54, 1.807) is 12.3 Å². The van der Waals surface area contributed by atoms with Gasteiger partial charge in [-0.1, -0.05) is 24.3 Å². The fourth-order valence-corrected chi connectivity index (χ4v) is 3.69. The molecule has 0 fully saturated rings. The first-order valence-corrected chi connectivity index (χ1v) is 9.51. The second-order valence-corrected chi connectivity index (χ2v) is 7.08. The third-order valence-corrected chi connectivity index (χ3v) is 5.20. The summed E-state index contributed by atoms with van der Waals surface area (Å²) in [6.45, 7) is 0.638. The first-order chi connectivity index (χ1) is 14.0. The number of nitrogen functional groups attached to an aromatic ring is 1. The van der Waals surface area contributed by atoms with Crippen molar-refractivity contribution >= 4 is 11.7 Å². The van der Waals surface area contributed by atoms with E-state index in [4.69, 9.17) is 5.73 Å². The number of aromatic nitrogens is 2. The van der Waals surface area contributed by atoms with E-state index in [0.717, 1.165) is 29.5 Å². The average molecular weight is 391 g/mol. The van der Waals surface area contributed by atoms with Crippen molar-refractivity contribution in [2.45, 2.75) is 25.4 Å². The van der Waals surface area contributed by atoms with E-state index in [-0.39, 0.29) is 29.3 Å². The lowest BCUT2D eigenvalue weighted by Crippen LogP contribution is -2.21. The number of hydrogen-bond donors (Lipinski definition) is 3. The summed E-state index contributed by atoms with van der Waals surface area (Å²) in [6, 6.07) is 13.0. The quantitative estimate of drug-likeness (QED) is 0.622. The maximum Gasteiger partial charge on any atom is 0.273 e. The van der Waals surface area contributed by atoms with Gasteiger partial charge in [0.15, 0.2) is 11.5 Å². The van der Waals surface area contributed by atoms with Gasteiger partial charge in [0.05, 0.1) is 11.9 Å². The maximum atomic E-state index is 13.6. The normalized spacial score (nSPS) is 15.2. The number of halogens is 1. The van der Waals surface area contributed by atoms with E-state index in [0.29, 0.717) is 12.2 Å². The predicted molar refractivity (Wildman–Crippen MR) is 110 cm³/mol. The first kappa shape index (κ1) is 19.0. The molecule has 0 saturated heterocycles.